The van der Waals surface area contributed by atoms with Crippen molar-refractivity contribution in [2.75, 3.05) is 32.7 Å². The number of carbonyl (C=O) groups is 2. The predicted molar refractivity (Wildman–Crippen MR) is 67.5 cm³/mol. The van der Waals surface area contributed by atoms with Gasteiger partial charge in [-0.05, 0) is 5.41 Å². The molecule has 0 spiro atoms. The summed E-state index contributed by atoms with van der Waals surface area (Å²) in [6, 6.07) is 0. The fourth-order valence-corrected chi connectivity index (χ4v) is 3.14. The fraction of sp³-hybridized carbons (Fsp3) is 0.846. The second kappa shape index (κ2) is 5.15. The van der Waals surface area contributed by atoms with Gasteiger partial charge in [-0.2, -0.15) is 13.2 Å². The Balaban J connectivity index is 1.89. The van der Waals surface area contributed by atoms with Gasteiger partial charge in [0.1, 0.15) is 0 Å². The van der Waals surface area contributed by atoms with Gasteiger partial charge in [0.2, 0.25) is 5.91 Å². The van der Waals surface area contributed by atoms with Crippen molar-refractivity contribution in [2.45, 2.75) is 20.0 Å². The lowest BCUT2D eigenvalue weighted by Crippen LogP contribution is -2.51. The highest BCUT2D eigenvalue weighted by molar-refractivity contribution is 5.91. The molecule has 0 aromatic rings. The molecule has 1 aliphatic carbocycles. The highest BCUT2D eigenvalue weighted by Crippen LogP contribution is 2.59. The Bertz CT molecular complexity index is 442. The molecule has 1 amide bonds. The molecule has 2 atom stereocenters. The van der Waals surface area contributed by atoms with Crippen LogP contribution in [0.4, 0.5) is 13.2 Å². The number of aliphatic carboxylic acids is 1. The number of halogens is 3. The van der Waals surface area contributed by atoms with E-state index in [9.17, 15) is 22.8 Å². The Morgan fingerprint density at radius 2 is 1.67 bits per heavy atom. The molecule has 2 rings (SSSR count). The number of carboxylic acid groups (broad SMARTS) is 1. The van der Waals surface area contributed by atoms with Gasteiger partial charge in [0.25, 0.3) is 0 Å². The third-order valence-electron chi connectivity index (χ3n) is 4.45. The van der Waals surface area contributed by atoms with E-state index in [0.717, 1.165) is 0 Å². The predicted octanol–water partition coefficient (Wildman–Crippen LogP) is 1.05. The summed E-state index contributed by atoms with van der Waals surface area (Å²) in [6.45, 7) is 3.25. The SMILES string of the molecule is CC1(C)C(C(=O)O)C1C(=O)N1CCN(CC(F)(F)F)CC1. The Kier molecular flexibility index (Phi) is 3.94. The third kappa shape index (κ3) is 3.30. The normalized spacial score (nSPS) is 29.3. The number of hydrogen-bond donors (Lipinski definition) is 1. The van der Waals surface area contributed by atoms with E-state index >= 15 is 0 Å². The van der Waals surface area contributed by atoms with Gasteiger partial charge in [-0.25, -0.2) is 0 Å². The summed E-state index contributed by atoms with van der Waals surface area (Å²) in [5.74, 6) is -2.50. The summed E-state index contributed by atoms with van der Waals surface area (Å²) < 4.78 is 36.9. The molecule has 5 nitrogen and oxygen atoms in total. The second-order valence-corrected chi connectivity index (χ2v) is 6.33. The van der Waals surface area contributed by atoms with E-state index in [1.165, 1.54) is 9.80 Å². The number of alkyl halides is 3. The monoisotopic (exact) mass is 308 g/mol. The molecule has 0 radical (unpaired) electrons. The van der Waals surface area contributed by atoms with E-state index in [-0.39, 0.29) is 32.1 Å². The highest BCUT2D eigenvalue weighted by atomic mass is 19.4. The number of carbonyl (C=O) groups excluding carboxylic acids is 1. The molecule has 0 bridgehead atoms. The van der Waals surface area contributed by atoms with Gasteiger partial charge in [-0.15, -0.1) is 0 Å². The average Bonchev–Trinajstić information content (AvgIpc) is 2.90. The molecule has 2 fully saturated rings. The number of piperazine rings is 1. The van der Waals surface area contributed by atoms with Crippen LogP contribution >= 0.6 is 0 Å². The zero-order valence-corrected chi connectivity index (χ0v) is 12.0. The van der Waals surface area contributed by atoms with Crippen LogP contribution in [-0.2, 0) is 9.59 Å². The molecule has 120 valence electrons. The van der Waals surface area contributed by atoms with Gasteiger partial charge in [-0.3, -0.25) is 14.5 Å². The summed E-state index contributed by atoms with van der Waals surface area (Å²) in [5.41, 5.74) is -0.577. The molecule has 1 aliphatic heterocycles. The van der Waals surface area contributed by atoms with E-state index in [2.05, 4.69) is 0 Å². The van der Waals surface area contributed by atoms with Crippen LogP contribution in [0.25, 0.3) is 0 Å². The Morgan fingerprint density at radius 3 is 2.05 bits per heavy atom. The lowest BCUT2D eigenvalue weighted by atomic mass is 10.1. The minimum Gasteiger partial charge on any atom is -0.481 e. The first-order valence-corrected chi connectivity index (χ1v) is 6.85. The molecule has 0 aromatic heterocycles. The van der Waals surface area contributed by atoms with Gasteiger partial charge < -0.3 is 10.0 Å². The van der Waals surface area contributed by atoms with E-state index < -0.39 is 35.9 Å². The number of hydrogen-bond acceptors (Lipinski definition) is 3. The maximum atomic E-state index is 12.3. The standard InChI is InChI=1S/C13H19F3N2O3/c1-12(2)8(9(12)11(20)21)10(19)18-5-3-17(4-6-18)7-13(14,15)16/h8-9H,3-7H2,1-2H3,(H,20,21). The summed E-state index contributed by atoms with van der Waals surface area (Å²) in [4.78, 5) is 26.1. The summed E-state index contributed by atoms with van der Waals surface area (Å²) in [5, 5.41) is 9.07. The van der Waals surface area contributed by atoms with Crippen molar-refractivity contribution in [3.05, 3.63) is 0 Å². The first-order chi connectivity index (χ1) is 9.54. The maximum Gasteiger partial charge on any atom is 0.401 e. The Hall–Kier alpha value is -1.31. The summed E-state index contributed by atoms with van der Waals surface area (Å²) in [6.07, 6.45) is -4.24. The van der Waals surface area contributed by atoms with E-state index in [0.29, 0.717) is 0 Å². The molecular formula is C13H19F3N2O3. The van der Waals surface area contributed by atoms with Crippen molar-refractivity contribution < 1.29 is 27.9 Å². The van der Waals surface area contributed by atoms with E-state index in [4.69, 9.17) is 5.11 Å². The van der Waals surface area contributed by atoms with Gasteiger partial charge >= 0.3 is 12.1 Å². The van der Waals surface area contributed by atoms with E-state index in [1.54, 1.807) is 13.8 Å². The topological polar surface area (TPSA) is 60.9 Å². The van der Waals surface area contributed by atoms with Gasteiger partial charge in [0.05, 0.1) is 18.4 Å². The van der Waals surface area contributed by atoms with Crippen LogP contribution in [0.15, 0.2) is 0 Å². The van der Waals surface area contributed by atoms with Crippen LogP contribution in [0.3, 0.4) is 0 Å². The quantitative estimate of drug-likeness (QED) is 0.846. The molecule has 8 heteroatoms. The lowest BCUT2D eigenvalue weighted by molar-refractivity contribution is -0.153. The largest absolute Gasteiger partial charge is 0.481 e. The van der Waals surface area contributed by atoms with Crippen LogP contribution in [0, 0.1) is 17.3 Å². The number of rotatable bonds is 3. The van der Waals surface area contributed by atoms with Crippen molar-refractivity contribution in [3.8, 4) is 0 Å². The van der Waals surface area contributed by atoms with Crippen molar-refractivity contribution in [1.82, 2.24) is 9.80 Å². The second-order valence-electron chi connectivity index (χ2n) is 6.33. The summed E-state index contributed by atoms with van der Waals surface area (Å²) >= 11 is 0. The molecule has 1 saturated heterocycles. The number of nitrogens with zero attached hydrogens (tertiary/aromatic N) is 2. The average molecular weight is 308 g/mol. The first-order valence-electron chi connectivity index (χ1n) is 6.85. The summed E-state index contributed by atoms with van der Waals surface area (Å²) in [7, 11) is 0. The number of carboxylic acids is 1. The van der Waals surface area contributed by atoms with Crippen LogP contribution in [0.1, 0.15) is 13.8 Å². The fourth-order valence-electron chi connectivity index (χ4n) is 3.14. The van der Waals surface area contributed by atoms with Crippen LogP contribution in [-0.4, -0.2) is 65.7 Å². The molecule has 0 aromatic carbocycles. The molecular weight excluding hydrogens is 289 g/mol. The zero-order valence-electron chi connectivity index (χ0n) is 12.0. The molecule has 21 heavy (non-hydrogen) atoms. The van der Waals surface area contributed by atoms with Crippen LogP contribution < -0.4 is 0 Å². The minimum atomic E-state index is -4.24. The molecule has 1 saturated carbocycles. The molecule has 1 N–H and O–H groups in total. The highest BCUT2D eigenvalue weighted by Gasteiger charge is 2.66. The smallest absolute Gasteiger partial charge is 0.401 e. The van der Waals surface area contributed by atoms with Crippen molar-refractivity contribution in [2.24, 2.45) is 17.3 Å². The molecule has 2 aliphatic rings. The van der Waals surface area contributed by atoms with Gasteiger partial charge in [-0.1, -0.05) is 13.8 Å². The zero-order chi connectivity index (χ0) is 16.0. The lowest BCUT2D eigenvalue weighted by Gasteiger charge is -2.35. The molecule has 1 heterocycles. The Labute approximate surface area is 120 Å². The van der Waals surface area contributed by atoms with Crippen molar-refractivity contribution in [1.29, 1.82) is 0 Å². The maximum absolute atomic E-state index is 12.3. The van der Waals surface area contributed by atoms with Crippen LogP contribution in [0.5, 0.6) is 0 Å². The van der Waals surface area contributed by atoms with Gasteiger partial charge in [0.15, 0.2) is 0 Å². The molecule has 2 unspecified atom stereocenters. The van der Waals surface area contributed by atoms with Crippen molar-refractivity contribution in [3.63, 3.8) is 0 Å². The van der Waals surface area contributed by atoms with Gasteiger partial charge in [0, 0.05) is 26.2 Å². The van der Waals surface area contributed by atoms with Crippen molar-refractivity contribution >= 4 is 11.9 Å². The Morgan fingerprint density at radius 1 is 1.14 bits per heavy atom. The first kappa shape index (κ1) is 16.1. The van der Waals surface area contributed by atoms with Crippen LogP contribution in [0.2, 0.25) is 0 Å². The van der Waals surface area contributed by atoms with E-state index in [1.807, 2.05) is 0 Å². The minimum absolute atomic E-state index is 0.163. The third-order valence-corrected chi connectivity index (χ3v) is 4.45. The number of amides is 1.